The lowest BCUT2D eigenvalue weighted by molar-refractivity contribution is 0.569. The van der Waals surface area contributed by atoms with E-state index in [1.807, 2.05) is 25.4 Å². The molecular formula is C17H24N6. The van der Waals surface area contributed by atoms with Crippen LogP contribution in [0.15, 0.2) is 30.7 Å². The summed E-state index contributed by atoms with van der Waals surface area (Å²) in [6.45, 7) is 4.92. The Kier molecular flexibility index (Phi) is 5.02. The molecule has 0 radical (unpaired) electrons. The number of aromatic nitrogens is 3. The van der Waals surface area contributed by atoms with Crippen molar-refractivity contribution < 1.29 is 0 Å². The van der Waals surface area contributed by atoms with E-state index < -0.39 is 0 Å². The largest absolute Gasteiger partial charge is 0.373 e. The molecular weight excluding hydrogens is 288 g/mol. The molecule has 6 heteroatoms. The average molecular weight is 312 g/mol. The number of rotatable bonds is 6. The molecule has 1 aliphatic heterocycles. The topological polar surface area (TPSA) is 66.0 Å². The van der Waals surface area contributed by atoms with Gasteiger partial charge < -0.3 is 15.5 Å². The Morgan fingerprint density at radius 2 is 2.22 bits per heavy atom. The SMILES string of the molecule is CNc1cc(N2CCC[C@H]2CNCc2cccnc2C)ncn1. The summed E-state index contributed by atoms with van der Waals surface area (Å²) in [5, 5.41) is 6.65. The molecule has 2 N–H and O–H groups in total. The van der Waals surface area contributed by atoms with Gasteiger partial charge in [0.1, 0.15) is 18.0 Å². The minimum atomic E-state index is 0.478. The number of anilines is 2. The number of aryl methyl sites for hydroxylation is 1. The third-order valence-corrected chi connectivity index (χ3v) is 4.39. The van der Waals surface area contributed by atoms with Crippen LogP contribution in [0.4, 0.5) is 11.6 Å². The van der Waals surface area contributed by atoms with Crippen LogP contribution in [0.25, 0.3) is 0 Å². The van der Waals surface area contributed by atoms with E-state index in [-0.39, 0.29) is 0 Å². The van der Waals surface area contributed by atoms with Gasteiger partial charge in [0.2, 0.25) is 0 Å². The average Bonchev–Trinajstić information content (AvgIpc) is 3.05. The molecule has 0 amide bonds. The van der Waals surface area contributed by atoms with Crippen molar-refractivity contribution in [2.24, 2.45) is 0 Å². The summed E-state index contributed by atoms with van der Waals surface area (Å²) in [5.74, 6) is 1.87. The van der Waals surface area contributed by atoms with Gasteiger partial charge in [-0.1, -0.05) is 6.07 Å². The monoisotopic (exact) mass is 312 g/mol. The lowest BCUT2D eigenvalue weighted by Gasteiger charge is -2.26. The lowest BCUT2D eigenvalue weighted by Crippen LogP contribution is -2.38. The van der Waals surface area contributed by atoms with E-state index in [0.717, 1.165) is 37.0 Å². The van der Waals surface area contributed by atoms with Crippen LogP contribution in [0.1, 0.15) is 24.1 Å². The molecule has 1 saturated heterocycles. The summed E-state index contributed by atoms with van der Waals surface area (Å²) in [7, 11) is 1.88. The molecule has 23 heavy (non-hydrogen) atoms. The van der Waals surface area contributed by atoms with Crippen LogP contribution in [-0.4, -0.2) is 41.1 Å². The fraction of sp³-hybridized carbons (Fsp3) is 0.471. The van der Waals surface area contributed by atoms with Crippen molar-refractivity contribution >= 4 is 11.6 Å². The smallest absolute Gasteiger partial charge is 0.134 e. The van der Waals surface area contributed by atoms with Gasteiger partial charge in [0.05, 0.1) is 0 Å². The lowest BCUT2D eigenvalue weighted by atomic mass is 10.2. The second-order valence-electron chi connectivity index (χ2n) is 5.88. The van der Waals surface area contributed by atoms with Crippen molar-refractivity contribution in [1.29, 1.82) is 0 Å². The highest BCUT2D eigenvalue weighted by Crippen LogP contribution is 2.24. The first-order valence-electron chi connectivity index (χ1n) is 8.15. The maximum Gasteiger partial charge on any atom is 0.134 e. The van der Waals surface area contributed by atoms with E-state index >= 15 is 0 Å². The Morgan fingerprint density at radius 3 is 3.04 bits per heavy atom. The van der Waals surface area contributed by atoms with Crippen LogP contribution in [0, 0.1) is 6.92 Å². The summed E-state index contributed by atoms with van der Waals surface area (Å²) in [4.78, 5) is 15.3. The van der Waals surface area contributed by atoms with E-state index in [1.54, 1.807) is 6.33 Å². The molecule has 1 fully saturated rings. The highest BCUT2D eigenvalue weighted by molar-refractivity contribution is 5.49. The maximum atomic E-state index is 4.44. The fourth-order valence-electron chi connectivity index (χ4n) is 3.07. The first kappa shape index (κ1) is 15.7. The highest BCUT2D eigenvalue weighted by atomic mass is 15.2. The molecule has 3 rings (SSSR count). The fourth-order valence-corrected chi connectivity index (χ4v) is 3.07. The molecule has 122 valence electrons. The number of hydrogen-bond donors (Lipinski definition) is 2. The molecule has 0 aliphatic carbocycles. The third-order valence-electron chi connectivity index (χ3n) is 4.39. The molecule has 2 aromatic heterocycles. The molecule has 1 aliphatic rings. The number of hydrogen-bond acceptors (Lipinski definition) is 6. The van der Waals surface area contributed by atoms with Crippen LogP contribution < -0.4 is 15.5 Å². The van der Waals surface area contributed by atoms with Crippen molar-refractivity contribution in [3.63, 3.8) is 0 Å². The van der Waals surface area contributed by atoms with Gasteiger partial charge >= 0.3 is 0 Å². The summed E-state index contributed by atoms with van der Waals surface area (Å²) in [6.07, 6.45) is 5.87. The van der Waals surface area contributed by atoms with E-state index in [0.29, 0.717) is 6.04 Å². The Balaban J connectivity index is 1.60. The number of nitrogens with zero attached hydrogens (tertiary/aromatic N) is 4. The van der Waals surface area contributed by atoms with E-state index in [1.165, 1.54) is 18.4 Å². The summed E-state index contributed by atoms with van der Waals surface area (Å²) in [5.41, 5.74) is 2.36. The zero-order valence-corrected chi connectivity index (χ0v) is 13.8. The van der Waals surface area contributed by atoms with Crippen molar-refractivity contribution in [1.82, 2.24) is 20.3 Å². The van der Waals surface area contributed by atoms with Gasteiger partial charge in [-0.3, -0.25) is 4.98 Å². The van der Waals surface area contributed by atoms with Gasteiger partial charge in [-0.15, -0.1) is 0 Å². The normalized spacial score (nSPS) is 17.5. The predicted octanol–water partition coefficient (Wildman–Crippen LogP) is 1.98. The van der Waals surface area contributed by atoms with Gasteiger partial charge in [-0.2, -0.15) is 0 Å². The number of nitrogens with one attached hydrogen (secondary N) is 2. The minimum absolute atomic E-state index is 0.478. The van der Waals surface area contributed by atoms with Gasteiger partial charge in [0.25, 0.3) is 0 Å². The van der Waals surface area contributed by atoms with Crippen LogP contribution in [0.5, 0.6) is 0 Å². The van der Waals surface area contributed by atoms with E-state index in [9.17, 15) is 0 Å². The second-order valence-corrected chi connectivity index (χ2v) is 5.88. The van der Waals surface area contributed by atoms with Crippen LogP contribution >= 0.6 is 0 Å². The first-order valence-corrected chi connectivity index (χ1v) is 8.15. The maximum absolute atomic E-state index is 4.44. The minimum Gasteiger partial charge on any atom is -0.373 e. The predicted molar refractivity (Wildman–Crippen MR) is 92.6 cm³/mol. The standard InChI is InChI=1S/C17H24N6/c1-13-14(5-3-7-20-13)10-19-11-15-6-4-8-23(15)17-9-16(18-2)21-12-22-17/h3,5,7,9,12,15,19H,4,6,8,10-11H2,1-2H3,(H,18,21,22)/t15-/m0/s1. The highest BCUT2D eigenvalue weighted by Gasteiger charge is 2.25. The van der Waals surface area contributed by atoms with Gasteiger partial charge in [0, 0.05) is 50.7 Å². The summed E-state index contributed by atoms with van der Waals surface area (Å²) >= 11 is 0. The quantitative estimate of drug-likeness (QED) is 0.850. The van der Waals surface area contributed by atoms with Crippen molar-refractivity contribution in [3.8, 4) is 0 Å². The van der Waals surface area contributed by atoms with Crippen molar-refractivity contribution in [3.05, 3.63) is 42.0 Å². The molecule has 0 aromatic carbocycles. The van der Waals surface area contributed by atoms with Gasteiger partial charge in [0.15, 0.2) is 0 Å². The summed E-state index contributed by atoms with van der Waals surface area (Å²) in [6, 6.07) is 6.62. The van der Waals surface area contributed by atoms with E-state index in [2.05, 4.69) is 43.5 Å². The van der Waals surface area contributed by atoms with E-state index in [4.69, 9.17) is 0 Å². The molecule has 0 saturated carbocycles. The van der Waals surface area contributed by atoms with Crippen LogP contribution in [0.3, 0.4) is 0 Å². The van der Waals surface area contributed by atoms with Crippen molar-refractivity contribution in [2.75, 3.05) is 30.4 Å². The van der Waals surface area contributed by atoms with Gasteiger partial charge in [-0.25, -0.2) is 9.97 Å². The zero-order valence-electron chi connectivity index (χ0n) is 13.8. The van der Waals surface area contributed by atoms with Crippen LogP contribution in [0.2, 0.25) is 0 Å². The molecule has 0 spiro atoms. The zero-order chi connectivity index (χ0) is 16.1. The molecule has 0 bridgehead atoms. The molecule has 1 atom stereocenters. The number of pyridine rings is 1. The molecule has 3 heterocycles. The Labute approximate surface area is 137 Å². The van der Waals surface area contributed by atoms with Gasteiger partial charge in [-0.05, 0) is 31.4 Å². The Hall–Kier alpha value is -2.21. The van der Waals surface area contributed by atoms with Crippen LogP contribution in [-0.2, 0) is 6.54 Å². The van der Waals surface area contributed by atoms with Crippen molar-refractivity contribution in [2.45, 2.75) is 32.4 Å². The molecule has 6 nitrogen and oxygen atoms in total. The molecule has 2 aromatic rings. The summed E-state index contributed by atoms with van der Waals surface area (Å²) < 4.78 is 0. The first-order chi connectivity index (χ1) is 11.3. The Morgan fingerprint density at radius 1 is 1.30 bits per heavy atom. The third kappa shape index (κ3) is 3.76. The molecule has 0 unspecified atom stereocenters. The second kappa shape index (κ2) is 7.37. The Bertz CT molecular complexity index is 644.